The van der Waals surface area contributed by atoms with Gasteiger partial charge >= 0.3 is 0 Å². The highest BCUT2D eigenvalue weighted by Gasteiger charge is 2.33. The number of anilines is 1. The summed E-state index contributed by atoms with van der Waals surface area (Å²) in [7, 11) is 4.03. The van der Waals surface area contributed by atoms with Crippen LogP contribution in [0.4, 0.5) is 5.69 Å². The lowest BCUT2D eigenvalue weighted by Gasteiger charge is -2.32. The van der Waals surface area contributed by atoms with Crippen LogP contribution in [0.15, 0.2) is 48.5 Å². The van der Waals surface area contributed by atoms with Crippen LogP contribution in [-0.4, -0.2) is 56.9 Å². The van der Waals surface area contributed by atoms with Crippen molar-refractivity contribution in [3.63, 3.8) is 0 Å². The van der Waals surface area contributed by atoms with E-state index in [0.29, 0.717) is 24.6 Å². The zero-order chi connectivity index (χ0) is 20.2. The van der Waals surface area contributed by atoms with E-state index >= 15 is 0 Å². The van der Waals surface area contributed by atoms with E-state index in [0.717, 1.165) is 30.7 Å². The minimum Gasteiger partial charge on any atom is -0.485 e. The van der Waals surface area contributed by atoms with Crippen LogP contribution in [0.2, 0.25) is 0 Å². The van der Waals surface area contributed by atoms with Crippen LogP contribution in [0.5, 0.6) is 11.5 Å². The summed E-state index contributed by atoms with van der Waals surface area (Å²) in [4.78, 5) is 17.2. The Morgan fingerprint density at radius 1 is 1.07 bits per heavy atom. The number of hydrogen-bond acceptors (Lipinski definition) is 5. The van der Waals surface area contributed by atoms with Gasteiger partial charge in [-0.3, -0.25) is 4.79 Å². The van der Waals surface area contributed by atoms with Crippen molar-refractivity contribution >= 4 is 11.6 Å². The average molecular weight is 396 g/mol. The molecule has 6 heteroatoms. The van der Waals surface area contributed by atoms with Gasteiger partial charge in [0.05, 0.1) is 6.10 Å². The van der Waals surface area contributed by atoms with Crippen molar-refractivity contribution in [2.24, 2.45) is 0 Å². The zero-order valence-electron chi connectivity index (χ0n) is 17.0. The molecule has 0 unspecified atom stereocenters. The van der Waals surface area contributed by atoms with E-state index in [1.807, 2.05) is 43.3 Å². The Labute approximate surface area is 172 Å². The number of para-hydroxylation sites is 2. The molecule has 1 fully saturated rings. The highest BCUT2D eigenvalue weighted by Crippen LogP contribution is 2.31. The van der Waals surface area contributed by atoms with E-state index in [4.69, 9.17) is 14.2 Å². The molecule has 1 amide bonds. The molecule has 0 aromatic heterocycles. The van der Waals surface area contributed by atoms with Crippen LogP contribution in [0.3, 0.4) is 0 Å². The first kappa shape index (κ1) is 19.6. The van der Waals surface area contributed by atoms with Gasteiger partial charge in [-0.15, -0.1) is 0 Å². The van der Waals surface area contributed by atoms with Gasteiger partial charge in [0.25, 0.3) is 5.91 Å². The monoisotopic (exact) mass is 396 g/mol. The van der Waals surface area contributed by atoms with Gasteiger partial charge in [-0.1, -0.05) is 24.3 Å². The van der Waals surface area contributed by atoms with E-state index in [1.165, 1.54) is 0 Å². The van der Waals surface area contributed by atoms with Crippen molar-refractivity contribution in [1.82, 2.24) is 4.90 Å². The molecule has 2 aromatic carbocycles. The quantitative estimate of drug-likeness (QED) is 0.751. The Morgan fingerprint density at radius 3 is 2.52 bits per heavy atom. The molecule has 0 bridgehead atoms. The minimum absolute atomic E-state index is 0.0633. The Kier molecular flexibility index (Phi) is 5.90. The van der Waals surface area contributed by atoms with Crippen LogP contribution < -0.4 is 14.4 Å². The van der Waals surface area contributed by atoms with Crippen LogP contribution >= 0.6 is 0 Å². The molecule has 0 aliphatic carbocycles. The molecule has 6 nitrogen and oxygen atoms in total. The molecule has 0 saturated carbocycles. The summed E-state index contributed by atoms with van der Waals surface area (Å²) in [5.41, 5.74) is 2.21. The molecule has 0 spiro atoms. The number of nitrogens with zero attached hydrogens (tertiary/aromatic N) is 2. The van der Waals surface area contributed by atoms with Crippen LogP contribution in [0.1, 0.15) is 18.4 Å². The largest absolute Gasteiger partial charge is 0.485 e. The summed E-state index contributed by atoms with van der Waals surface area (Å²) < 4.78 is 17.5. The molecule has 0 radical (unpaired) electrons. The molecule has 2 atom stereocenters. The highest BCUT2D eigenvalue weighted by molar-refractivity contribution is 5.82. The SMILES string of the molecule is CN(C)c1ccc(CN(C[C@H]2CCCO2)C(=O)[C@H]2COc3ccccc3O2)cc1. The number of benzene rings is 2. The summed E-state index contributed by atoms with van der Waals surface area (Å²) in [5, 5.41) is 0. The maximum atomic E-state index is 13.3. The maximum Gasteiger partial charge on any atom is 0.267 e. The van der Waals surface area contributed by atoms with Crippen molar-refractivity contribution in [2.45, 2.75) is 31.6 Å². The van der Waals surface area contributed by atoms with Crippen molar-refractivity contribution in [3.8, 4) is 11.5 Å². The minimum atomic E-state index is -0.646. The third-order valence-corrected chi connectivity index (χ3v) is 5.37. The number of rotatable bonds is 6. The zero-order valence-corrected chi connectivity index (χ0v) is 17.0. The predicted octanol–water partition coefficient (Wildman–Crippen LogP) is 3.10. The predicted molar refractivity (Wildman–Crippen MR) is 112 cm³/mol. The second kappa shape index (κ2) is 8.74. The topological polar surface area (TPSA) is 51.2 Å². The molecular weight excluding hydrogens is 368 g/mol. The van der Waals surface area contributed by atoms with Crippen molar-refractivity contribution < 1.29 is 19.0 Å². The third-order valence-electron chi connectivity index (χ3n) is 5.37. The van der Waals surface area contributed by atoms with Gasteiger partial charge in [-0.25, -0.2) is 0 Å². The molecule has 2 aliphatic heterocycles. The lowest BCUT2D eigenvalue weighted by Crippen LogP contribution is -2.48. The molecule has 2 aliphatic rings. The van der Waals surface area contributed by atoms with E-state index in [1.54, 1.807) is 0 Å². The second-order valence-electron chi connectivity index (χ2n) is 7.78. The molecule has 2 heterocycles. The maximum absolute atomic E-state index is 13.3. The van der Waals surface area contributed by atoms with Crippen molar-refractivity contribution in [1.29, 1.82) is 0 Å². The molecule has 4 rings (SSSR count). The summed E-state index contributed by atoms with van der Waals surface area (Å²) in [6, 6.07) is 15.7. The van der Waals surface area contributed by atoms with Crippen molar-refractivity contribution in [2.75, 3.05) is 38.8 Å². The first-order valence-electron chi connectivity index (χ1n) is 10.2. The number of carbonyl (C=O) groups excluding carboxylic acids is 1. The third kappa shape index (κ3) is 4.65. The van der Waals surface area contributed by atoms with E-state index in [2.05, 4.69) is 29.2 Å². The Bertz CT molecular complexity index is 831. The Morgan fingerprint density at radius 2 is 1.83 bits per heavy atom. The summed E-state index contributed by atoms with van der Waals surface area (Å²) in [5.74, 6) is 1.23. The van der Waals surface area contributed by atoms with Gasteiger partial charge < -0.3 is 24.0 Å². The summed E-state index contributed by atoms with van der Waals surface area (Å²) in [6.45, 7) is 2.07. The number of amides is 1. The van der Waals surface area contributed by atoms with Gasteiger partial charge in [0, 0.05) is 39.5 Å². The standard InChI is InChI=1S/C23H28N2O4/c1-24(2)18-11-9-17(10-12-18)14-25(15-19-6-5-13-27-19)23(26)22-16-28-20-7-3-4-8-21(20)29-22/h3-4,7-12,19,22H,5-6,13-16H2,1-2H3/t19-,22-/m1/s1. The van der Waals surface area contributed by atoms with Crippen LogP contribution in [-0.2, 0) is 16.1 Å². The molecule has 154 valence electrons. The molecule has 0 N–H and O–H groups in total. The fraction of sp³-hybridized carbons (Fsp3) is 0.435. The number of fused-ring (bicyclic) bond motifs is 1. The van der Waals surface area contributed by atoms with Crippen molar-refractivity contribution in [3.05, 3.63) is 54.1 Å². The first-order valence-corrected chi connectivity index (χ1v) is 10.2. The van der Waals surface area contributed by atoms with Gasteiger partial charge in [0.2, 0.25) is 6.10 Å². The van der Waals surface area contributed by atoms with Gasteiger partial charge in [0.15, 0.2) is 11.5 Å². The molecule has 29 heavy (non-hydrogen) atoms. The van der Waals surface area contributed by atoms with Crippen LogP contribution in [0, 0.1) is 0 Å². The van der Waals surface area contributed by atoms with Gasteiger partial charge in [-0.05, 0) is 42.7 Å². The highest BCUT2D eigenvalue weighted by atomic mass is 16.6. The van der Waals surface area contributed by atoms with Gasteiger partial charge in [-0.2, -0.15) is 0 Å². The molecule has 2 aromatic rings. The fourth-order valence-electron chi connectivity index (χ4n) is 3.73. The summed E-state index contributed by atoms with van der Waals surface area (Å²) in [6.07, 6.45) is 1.46. The fourth-order valence-corrected chi connectivity index (χ4v) is 3.73. The molecular formula is C23H28N2O4. The average Bonchev–Trinajstić information content (AvgIpc) is 3.26. The lowest BCUT2D eigenvalue weighted by molar-refractivity contribution is -0.143. The lowest BCUT2D eigenvalue weighted by atomic mass is 10.1. The number of ether oxygens (including phenoxy) is 3. The smallest absolute Gasteiger partial charge is 0.267 e. The number of carbonyl (C=O) groups is 1. The molecule has 1 saturated heterocycles. The van der Waals surface area contributed by atoms with E-state index in [9.17, 15) is 4.79 Å². The Balaban J connectivity index is 1.49. The van der Waals surface area contributed by atoms with E-state index < -0.39 is 6.10 Å². The van der Waals surface area contributed by atoms with E-state index in [-0.39, 0.29) is 18.6 Å². The summed E-state index contributed by atoms with van der Waals surface area (Å²) >= 11 is 0. The first-order chi connectivity index (χ1) is 14.1. The number of hydrogen-bond donors (Lipinski definition) is 0. The van der Waals surface area contributed by atoms with Crippen LogP contribution in [0.25, 0.3) is 0 Å². The Hall–Kier alpha value is -2.73. The normalized spacial score (nSPS) is 20.3. The van der Waals surface area contributed by atoms with Gasteiger partial charge in [0.1, 0.15) is 6.61 Å². The second-order valence-corrected chi connectivity index (χ2v) is 7.78.